The molecule has 2 saturated heterocycles. The van der Waals surface area contributed by atoms with Gasteiger partial charge in [-0.25, -0.2) is 0 Å². The fourth-order valence-electron chi connectivity index (χ4n) is 8.14. The van der Waals surface area contributed by atoms with Crippen molar-refractivity contribution in [3.63, 3.8) is 0 Å². The van der Waals surface area contributed by atoms with Crippen LogP contribution < -0.4 is 11.1 Å². The predicted molar refractivity (Wildman–Crippen MR) is 250 cm³/mol. The topological polar surface area (TPSA) is 321 Å². The number of hydrogen-bond acceptors (Lipinski definition) is 18. The first kappa shape index (κ1) is 58.8. The van der Waals surface area contributed by atoms with Crippen molar-refractivity contribution >= 4 is 11.9 Å². The molecule has 1 amide bonds. The molecule has 0 radical (unpaired) electrons. The fraction of sp³-hybridized carbons (Fsp3) is 0.673. The van der Waals surface area contributed by atoms with Crippen LogP contribution in [0.25, 0.3) is 0 Å². The molecule has 68 heavy (non-hydrogen) atoms. The van der Waals surface area contributed by atoms with Gasteiger partial charge in [0.1, 0.15) is 12.2 Å². The molecule has 3 aliphatic rings. The highest BCUT2D eigenvalue weighted by Crippen LogP contribution is 2.38. The largest absolute Gasteiger partial charge is 0.462 e. The zero-order valence-corrected chi connectivity index (χ0v) is 39.6. The average Bonchev–Trinajstić information content (AvgIpc) is 3.24. The van der Waals surface area contributed by atoms with Crippen molar-refractivity contribution in [1.29, 1.82) is 0 Å². The number of fused-ring (bicyclic) bond motifs is 2. The van der Waals surface area contributed by atoms with Gasteiger partial charge in [0.05, 0.1) is 92.6 Å². The van der Waals surface area contributed by atoms with Crippen molar-refractivity contribution in [2.24, 2.45) is 17.6 Å². The monoisotopic (exact) mass is 967 g/mol. The van der Waals surface area contributed by atoms with E-state index in [9.17, 15) is 60.7 Å². The molecule has 19 nitrogen and oxygen atoms in total. The normalized spacial score (nSPS) is 42.2. The molecule has 0 aromatic heterocycles. The zero-order chi connectivity index (χ0) is 50.4. The first-order chi connectivity index (χ1) is 32.2. The first-order valence-electron chi connectivity index (χ1n) is 23.4. The Hall–Kier alpha value is -3.48. The lowest BCUT2D eigenvalue weighted by molar-refractivity contribution is -0.304. The number of cyclic esters (lactones) is 1. The third-order valence-electron chi connectivity index (χ3n) is 11.9. The Labute approximate surface area is 399 Å². The zero-order valence-electron chi connectivity index (χ0n) is 39.6. The maximum absolute atomic E-state index is 13.8. The van der Waals surface area contributed by atoms with Crippen LogP contribution in [0, 0.1) is 11.8 Å². The van der Waals surface area contributed by atoms with Gasteiger partial charge in [0, 0.05) is 51.2 Å². The molecule has 0 aliphatic carbocycles. The van der Waals surface area contributed by atoms with Crippen molar-refractivity contribution < 1.29 is 84.3 Å². The van der Waals surface area contributed by atoms with E-state index in [4.69, 9.17) is 29.4 Å². The number of ether oxygens (including phenoxy) is 5. The van der Waals surface area contributed by atoms with Crippen molar-refractivity contribution in [3.8, 4) is 0 Å². The molecular weight excluding hydrogens is 889 g/mol. The molecule has 19 heteroatoms. The van der Waals surface area contributed by atoms with Gasteiger partial charge in [-0.15, -0.1) is 0 Å². The maximum atomic E-state index is 13.8. The van der Waals surface area contributed by atoms with Crippen LogP contribution in [0.2, 0.25) is 0 Å². The molecule has 3 aliphatic heterocycles. The Morgan fingerprint density at radius 1 is 0.750 bits per heavy atom. The van der Waals surface area contributed by atoms with Crippen molar-refractivity contribution in [3.05, 3.63) is 85.1 Å². The number of carbonyl (C=O) groups excluding carboxylic acids is 2. The van der Waals surface area contributed by atoms with E-state index in [1.165, 1.54) is 7.11 Å². The molecule has 3 heterocycles. The number of methoxy groups -OCH3 is 1. The summed E-state index contributed by atoms with van der Waals surface area (Å²) in [6.45, 7) is 5.05. The van der Waals surface area contributed by atoms with Gasteiger partial charge in [-0.1, -0.05) is 92.0 Å². The highest BCUT2D eigenvalue weighted by Gasteiger charge is 2.50. The second kappa shape index (κ2) is 30.3. The summed E-state index contributed by atoms with van der Waals surface area (Å²) in [7, 11) is 1.46. The fourth-order valence-corrected chi connectivity index (χ4v) is 8.14. The summed E-state index contributed by atoms with van der Waals surface area (Å²) >= 11 is 0. The Morgan fingerprint density at radius 3 is 1.97 bits per heavy atom. The van der Waals surface area contributed by atoms with E-state index in [1.807, 2.05) is 37.3 Å². The number of aliphatic hydroxyl groups excluding tert-OH is 9. The van der Waals surface area contributed by atoms with Crippen LogP contribution in [0.15, 0.2) is 85.1 Å². The molecule has 3 rings (SSSR count). The summed E-state index contributed by atoms with van der Waals surface area (Å²) in [6, 6.07) is -1.60. The number of hydrogen-bond donors (Lipinski definition) is 12. The molecule has 6 unspecified atom stereocenters. The summed E-state index contributed by atoms with van der Waals surface area (Å²) in [5.74, 6) is -5.18. The standard InChI is InChI=1S/C49H78N2O17/c1-30-17-15-13-11-9-7-5-6-8-10-12-14-16-18-36(67-48-46(61)45(50)41(59)29-65-48)25-42-44(47(62)51-31(2)28-64-4)40(58)27-49(63,68-42)26-35(54)23-39(57)37(55)20-19-33(52)22-34(53)24-43(60)66-32(3)21-38(30)56/h5-18,30-42,44-46,48,52-59,61,63H,19-29,50H2,1-4H3,(H,51,62)/b6-5+,9-7+,10-8+,13-11+,14-12+,17-15+,18-16+/t30-,31?,32-,33?,34?,35?,36?,37+,38-,39+,40-,41+,42-,44+,45-,46-,48-,49?/m0/s1. The van der Waals surface area contributed by atoms with Crippen LogP contribution in [-0.4, -0.2) is 181 Å². The van der Waals surface area contributed by atoms with E-state index in [1.54, 1.807) is 68.5 Å². The van der Waals surface area contributed by atoms with Crippen molar-refractivity contribution in [1.82, 2.24) is 5.32 Å². The third kappa shape index (κ3) is 21.3. The highest BCUT2D eigenvalue weighted by atomic mass is 16.7. The Bertz CT molecular complexity index is 1710. The maximum Gasteiger partial charge on any atom is 0.308 e. The predicted octanol–water partition coefficient (Wildman–Crippen LogP) is 0.144. The minimum Gasteiger partial charge on any atom is -0.462 e. The van der Waals surface area contributed by atoms with Crippen LogP contribution in [0.5, 0.6) is 0 Å². The van der Waals surface area contributed by atoms with Gasteiger partial charge in [-0.05, 0) is 33.1 Å². The van der Waals surface area contributed by atoms with Gasteiger partial charge >= 0.3 is 5.97 Å². The van der Waals surface area contributed by atoms with E-state index in [0.717, 1.165) is 0 Å². The molecule has 386 valence electrons. The van der Waals surface area contributed by atoms with E-state index >= 15 is 0 Å². The third-order valence-corrected chi connectivity index (χ3v) is 11.9. The van der Waals surface area contributed by atoms with Gasteiger partial charge in [-0.3, -0.25) is 9.59 Å². The molecular formula is C49H78N2O17. The summed E-state index contributed by atoms with van der Waals surface area (Å²) in [5, 5.41) is 112. The van der Waals surface area contributed by atoms with Crippen LogP contribution in [-0.2, 0) is 33.3 Å². The summed E-state index contributed by atoms with van der Waals surface area (Å²) in [4.78, 5) is 26.3. The van der Waals surface area contributed by atoms with Gasteiger partial charge in [0.15, 0.2) is 12.1 Å². The molecule has 0 spiro atoms. The van der Waals surface area contributed by atoms with Crippen molar-refractivity contribution in [2.45, 2.75) is 176 Å². The molecule has 13 N–H and O–H groups in total. The van der Waals surface area contributed by atoms with E-state index < -0.39 is 141 Å². The van der Waals surface area contributed by atoms with Gasteiger partial charge in [0.2, 0.25) is 5.91 Å². The van der Waals surface area contributed by atoms with Crippen LogP contribution in [0.4, 0.5) is 0 Å². The Morgan fingerprint density at radius 2 is 1.35 bits per heavy atom. The van der Waals surface area contributed by atoms with Crippen LogP contribution >= 0.6 is 0 Å². The quantitative estimate of drug-likeness (QED) is 0.158. The molecule has 0 aromatic rings. The van der Waals surface area contributed by atoms with Crippen LogP contribution in [0.1, 0.15) is 78.6 Å². The van der Waals surface area contributed by atoms with Crippen molar-refractivity contribution in [2.75, 3.05) is 20.3 Å². The molecule has 2 bridgehead atoms. The van der Waals surface area contributed by atoms with Gasteiger partial charge in [0.25, 0.3) is 0 Å². The lowest BCUT2D eigenvalue weighted by atomic mass is 9.82. The van der Waals surface area contributed by atoms with E-state index in [2.05, 4.69) is 5.32 Å². The second-order valence-electron chi connectivity index (χ2n) is 18.2. The van der Waals surface area contributed by atoms with E-state index in [-0.39, 0.29) is 51.2 Å². The number of allylic oxidation sites excluding steroid dienone is 12. The lowest BCUT2D eigenvalue weighted by Gasteiger charge is -2.46. The van der Waals surface area contributed by atoms with Gasteiger partial charge in [-0.2, -0.15) is 0 Å². The number of nitrogens with one attached hydrogen (secondary N) is 1. The van der Waals surface area contributed by atoms with Crippen LogP contribution in [0.3, 0.4) is 0 Å². The average molecular weight is 967 g/mol. The number of aliphatic hydroxyl groups is 10. The van der Waals surface area contributed by atoms with Gasteiger partial charge < -0.3 is 85.8 Å². The molecule has 18 atom stereocenters. The number of nitrogens with two attached hydrogens (primary N) is 1. The summed E-state index contributed by atoms with van der Waals surface area (Å²) in [6.07, 6.45) is 5.74. The van der Waals surface area contributed by atoms with E-state index in [0.29, 0.717) is 0 Å². The highest BCUT2D eigenvalue weighted by molar-refractivity contribution is 5.80. The summed E-state index contributed by atoms with van der Waals surface area (Å²) in [5.41, 5.74) is 6.01. The SMILES string of the molecule is COCC(C)NC(=O)[C@H]1[C@@H]2CC(O[C@@H]3OC[C@@H](O)[C@H](N)[C@@H]3O)/C=C/C=C/C=C/C=C/C=C/C=C/C=C/[C@H](C)[C@@H](O)C[C@H](C)OC(=O)CC(O)CC(O)CC[C@@H](O)[C@H](O)CC(O)CC(O)(C[C@@H]1O)O2. The second-order valence-corrected chi connectivity index (χ2v) is 18.2. The molecule has 0 saturated carbocycles. The number of esters is 1. The molecule has 0 aromatic carbocycles. The smallest absolute Gasteiger partial charge is 0.308 e. The Balaban J connectivity index is 1.91. The minimum atomic E-state index is -2.27. The number of amides is 1. The number of rotatable bonds is 6. The minimum absolute atomic E-state index is 0.0933. The number of carbonyl (C=O) groups is 2. The first-order valence-corrected chi connectivity index (χ1v) is 23.4. The molecule has 2 fully saturated rings. The summed E-state index contributed by atoms with van der Waals surface area (Å²) < 4.78 is 28.5. The lowest BCUT2D eigenvalue weighted by Crippen LogP contribution is -2.60. The Kier molecular flexibility index (Phi) is 26.2.